The standard InChI is InChI=1S/C19H26N4O3/c24-19(15-13-18-23(21-15)10-6-12-26-18)20-14-16(17-7-5-11-25-17)22-8-3-1-2-4-9-22/h5,7,11,13,16H,1-4,6,8-10,12,14H2,(H,20,24). The van der Waals surface area contributed by atoms with Crippen LogP contribution in [0, 0.1) is 0 Å². The van der Waals surface area contributed by atoms with E-state index in [0.717, 1.165) is 31.8 Å². The van der Waals surface area contributed by atoms with Crippen LogP contribution in [0.4, 0.5) is 0 Å². The quantitative estimate of drug-likeness (QED) is 0.889. The second kappa shape index (κ2) is 7.95. The van der Waals surface area contributed by atoms with Gasteiger partial charge in [-0.2, -0.15) is 5.10 Å². The Morgan fingerprint density at radius 1 is 1.19 bits per heavy atom. The van der Waals surface area contributed by atoms with Crippen LogP contribution in [0.15, 0.2) is 28.9 Å². The lowest BCUT2D eigenvalue weighted by atomic mass is 10.1. The van der Waals surface area contributed by atoms with Crippen LogP contribution in [0.3, 0.4) is 0 Å². The fourth-order valence-corrected chi connectivity index (χ4v) is 3.76. The number of aromatic nitrogens is 2. The lowest BCUT2D eigenvalue weighted by molar-refractivity contribution is 0.0921. The van der Waals surface area contributed by atoms with Gasteiger partial charge in [-0.05, 0) is 38.1 Å². The van der Waals surface area contributed by atoms with Crippen LogP contribution in [-0.2, 0) is 6.54 Å². The van der Waals surface area contributed by atoms with Crippen molar-refractivity contribution in [2.45, 2.75) is 44.7 Å². The Bertz CT molecular complexity index is 694. The molecule has 0 spiro atoms. The van der Waals surface area contributed by atoms with E-state index in [1.54, 1.807) is 17.0 Å². The van der Waals surface area contributed by atoms with E-state index in [1.807, 2.05) is 12.1 Å². The lowest BCUT2D eigenvalue weighted by Crippen LogP contribution is -2.38. The first-order chi connectivity index (χ1) is 12.8. The molecule has 1 amide bonds. The Morgan fingerprint density at radius 3 is 2.77 bits per heavy atom. The van der Waals surface area contributed by atoms with Crippen molar-refractivity contribution in [3.63, 3.8) is 0 Å². The first-order valence-electron chi connectivity index (χ1n) is 9.57. The minimum absolute atomic E-state index is 0.0561. The Labute approximate surface area is 153 Å². The zero-order chi connectivity index (χ0) is 17.8. The topological polar surface area (TPSA) is 72.5 Å². The molecule has 7 nitrogen and oxygen atoms in total. The van der Waals surface area contributed by atoms with Crippen LogP contribution < -0.4 is 10.1 Å². The number of amides is 1. The van der Waals surface area contributed by atoms with Crippen LogP contribution in [0.5, 0.6) is 5.88 Å². The maximum atomic E-state index is 12.6. The van der Waals surface area contributed by atoms with E-state index in [2.05, 4.69) is 15.3 Å². The summed E-state index contributed by atoms with van der Waals surface area (Å²) in [7, 11) is 0. The third-order valence-corrected chi connectivity index (χ3v) is 5.15. The Morgan fingerprint density at radius 2 is 2.04 bits per heavy atom. The Kier molecular flexibility index (Phi) is 5.24. The minimum atomic E-state index is -0.165. The molecule has 140 valence electrons. The van der Waals surface area contributed by atoms with E-state index in [0.29, 0.717) is 24.7 Å². The van der Waals surface area contributed by atoms with Crippen molar-refractivity contribution < 1.29 is 13.9 Å². The molecule has 1 saturated heterocycles. The van der Waals surface area contributed by atoms with Gasteiger partial charge in [0.1, 0.15) is 5.76 Å². The summed E-state index contributed by atoms with van der Waals surface area (Å²) in [6, 6.07) is 5.68. The van der Waals surface area contributed by atoms with Crippen LogP contribution in [0.25, 0.3) is 0 Å². The number of carbonyl (C=O) groups is 1. The average Bonchev–Trinajstić information content (AvgIpc) is 3.26. The zero-order valence-electron chi connectivity index (χ0n) is 15.0. The number of hydrogen-bond acceptors (Lipinski definition) is 5. The molecule has 0 aliphatic carbocycles. The fourth-order valence-electron chi connectivity index (χ4n) is 3.76. The summed E-state index contributed by atoms with van der Waals surface area (Å²) in [5, 5.41) is 7.40. The van der Waals surface area contributed by atoms with Gasteiger partial charge in [-0.3, -0.25) is 9.69 Å². The van der Waals surface area contributed by atoms with Gasteiger partial charge in [0.05, 0.1) is 18.9 Å². The molecule has 0 aromatic carbocycles. The van der Waals surface area contributed by atoms with Gasteiger partial charge in [0.25, 0.3) is 5.91 Å². The molecular weight excluding hydrogens is 332 g/mol. The highest BCUT2D eigenvalue weighted by Gasteiger charge is 2.25. The van der Waals surface area contributed by atoms with Gasteiger partial charge in [-0.25, -0.2) is 4.68 Å². The molecule has 2 aliphatic heterocycles. The first-order valence-corrected chi connectivity index (χ1v) is 9.57. The maximum Gasteiger partial charge on any atom is 0.271 e. The van der Waals surface area contributed by atoms with Crippen LogP contribution in [0.1, 0.15) is 54.4 Å². The van der Waals surface area contributed by atoms with Gasteiger partial charge in [0.15, 0.2) is 5.69 Å². The molecule has 1 atom stereocenters. The average molecular weight is 358 g/mol. The number of aryl methyl sites for hydroxylation is 1. The number of fused-ring (bicyclic) bond motifs is 1. The Balaban J connectivity index is 1.44. The van der Waals surface area contributed by atoms with E-state index in [1.165, 1.54) is 25.7 Å². The number of furan rings is 1. The van der Waals surface area contributed by atoms with Crippen LogP contribution in [-0.4, -0.2) is 46.8 Å². The molecule has 26 heavy (non-hydrogen) atoms. The molecule has 0 radical (unpaired) electrons. The molecule has 0 bridgehead atoms. The number of likely N-dealkylation sites (tertiary alicyclic amines) is 1. The summed E-state index contributed by atoms with van der Waals surface area (Å²) >= 11 is 0. The predicted octanol–water partition coefficient (Wildman–Crippen LogP) is 2.61. The van der Waals surface area contributed by atoms with E-state index < -0.39 is 0 Å². The number of carbonyl (C=O) groups excluding carboxylic acids is 1. The van der Waals surface area contributed by atoms with Gasteiger partial charge >= 0.3 is 0 Å². The molecule has 4 rings (SSSR count). The van der Waals surface area contributed by atoms with Crippen molar-refractivity contribution in [3.05, 3.63) is 35.9 Å². The molecule has 1 N–H and O–H groups in total. The molecule has 1 fully saturated rings. The van der Waals surface area contributed by atoms with Gasteiger partial charge < -0.3 is 14.5 Å². The highest BCUT2D eigenvalue weighted by Crippen LogP contribution is 2.24. The number of hydrogen-bond donors (Lipinski definition) is 1. The van der Waals surface area contributed by atoms with Gasteiger partial charge in [0.2, 0.25) is 5.88 Å². The molecule has 0 saturated carbocycles. The number of rotatable bonds is 5. The highest BCUT2D eigenvalue weighted by atomic mass is 16.5. The van der Waals surface area contributed by atoms with E-state index in [4.69, 9.17) is 9.15 Å². The lowest BCUT2D eigenvalue weighted by Gasteiger charge is -2.29. The summed E-state index contributed by atoms with van der Waals surface area (Å²) in [4.78, 5) is 15.0. The summed E-state index contributed by atoms with van der Waals surface area (Å²) in [6.07, 6.45) is 7.54. The second-order valence-corrected chi connectivity index (χ2v) is 6.98. The van der Waals surface area contributed by atoms with Gasteiger partial charge in [0, 0.05) is 25.6 Å². The number of ether oxygens (including phenoxy) is 1. The normalized spacial score (nSPS) is 19.2. The molecule has 2 aromatic heterocycles. The zero-order valence-corrected chi connectivity index (χ0v) is 15.0. The Hall–Kier alpha value is -2.28. The molecule has 7 heteroatoms. The molecular formula is C19H26N4O3. The monoisotopic (exact) mass is 358 g/mol. The third-order valence-electron chi connectivity index (χ3n) is 5.15. The molecule has 4 heterocycles. The van der Waals surface area contributed by atoms with E-state index in [-0.39, 0.29) is 11.9 Å². The van der Waals surface area contributed by atoms with Crippen molar-refractivity contribution >= 4 is 5.91 Å². The summed E-state index contributed by atoms with van der Waals surface area (Å²) in [5.41, 5.74) is 0.413. The van der Waals surface area contributed by atoms with Crippen molar-refractivity contribution in [1.29, 1.82) is 0 Å². The first kappa shape index (κ1) is 17.1. The van der Waals surface area contributed by atoms with Crippen LogP contribution >= 0.6 is 0 Å². The molecule has 2 aliphatic rings. The smallest absolute Gasteiger partial charge is 0.271 e. The van der Waals surface area contributed by atoms with Crippen molar-refractivity contribution in [3.8, 4) is 5.88 Å². The summed E-state index contributed by atoms with van der Waals surface area (Å²) in [5.74, 6) is 1.41. The molecule has 2 aromatic rings. The third kappa shape index (κ3) is 3.77. The summed E-state index contributed by atoms with van der Waals surface area (Å²) in [6.45, 7) is 4.06. The number of nitrogens with zero attached hydrogens (tertiary/aromatic N) is 3. The van der Waals surface area contributed by atoms with Crippen molar-refractivity contribution in [1.82, 2.24) is 20.0 Å². The maximum absolute atomic E-state index is 12.6. The largest absolute Gasteiger partial charge is 0.478 e. The highest BCUT2D eigenvalue weighted by molar-refractivity contribution is 5.92. The fraction of sp³-hybridized carbons (Fsp3) is 0.579. The minimum Gasteiger partial charge on any atom is -0.478 e. The molecule has 1 unspecified atom stereocenters. The van der Waals surface area contributed by atoms with E-state index in [9.17, 15) is 4.79 Å². The summed E-state index contributed by atoms with van der Waals surface area (Å²) < 4.78 is 13.0. The van der Waals surface area contributed by atoms with Gasteiger partial charge in [-0.15, -0.1) is 0 Å². The SMILES string of the molecule is O=C(NCC(c1ccco1)N1CCCCCC1)c1cc2n(n1)CCCO2. The van der Waals surface area contributed by atoms with Gasteiger partial charge in [-0.1, -0.05) is 12.8 Å². The van der Waals surface area contributed by atoms with Crippen LogP contribution in [0.2, 0.25) is 0 Å². The van der Waals surface area contributed by atoms with Crippen molar-refractivity contribution in [2.75, 3.05) is 26.2 Å². The number of nitrogens with one attached hydrogen (secondary N) is 1. The predicted molar refractivity (Wildman–Crippen MR) is 96.2 cm³/mol. The van der Waals surface area contributed by atoms with Crippen molar-refractivity contribution in [2.24, 2.45) is 0 Å². The van der Waals surface area contributed by atoms with E-state index >= 15 is 0 Å². The second-order valence-electron chi connectivity index (χ2n) is 6.98.